The molecule has 1 aromatic carbocycles. The Kier molecular flexibility index (Phi) is 7.12. The van der Waals surface area contributed by atoms with E-state index in [-0.39, 0.29) is 5.97 Å². The molecule has 150 valence electrons. The molecule has 1 fully saturated rings. The van der Waals surface area contributed by atoms with Crippen LogP contribution in [-0.4, -0.2) is 50.3 Å². The van der Waals surface area contributed by atoms with Crippen LogP contribution in [0.2, 0.25) is 0 Å². The Hall–Kier alpha value is -2.76. The predicted molar refractivity (Wildman–Crippen MR) is 111 cm³/mol. The van der Waals surface area contributed by atoms with Crippen molar-refractivity contribution in [1.82, 2.24) is 4.98 Å². The zero-order valence-electron chi connectivity index (χ0n) is 16.8. The van der Waals surface area contributed by atoms with E-state index in [4.69, 9.17) is 9.47 Å². The Morgan fingerprint density at radius 2 is 1.71 bits per heavy atom. The molecule has 0 atom stereocenters. The molecule has 0 radical (unpaired) electrons. The highest BCUT2D eigenvalue weighted by molar-refractivity contribution is 5.69. The summed E-state index contributed by atoms with van der Waals surface area (Å²) in [6.07, 6.45) is 4.75. The van der Waals surface area contributed by atoms with Gasteiger partial charge in [-0.15, -0.1) is 0 Å². The second-order valence-corrected chi connectivity index (χ2v) is 6.89. The minimum atomic E-state index is -0.163. The minimum Gasteiger partial charge on any atom is -0.493 e. The van der Waals surface area contributed by atoms with Crippen LogP contribution in [0.4, 0.5) is 11.4 Å². The van der Waals surface area contributed by atoms with Crippen LogP contribution in [0, 0.1) is 6.92 Å². The number of rotatable bonds is 8. The van der Waals surface area contributed by atoms with Gasteiger partial charge in [0, 0.05) is 56.4 Å². The van der Waals surface area contributed by atoms with E-state index in [2.05, 4.69) is 46.0 Å². The maximum atomic E-state index is 11.4. The van der Waals surface area contributed by atoms with Crippen molar-refractivity contribution in [2.45, 2.75) is 26.7 Å². The molecular weight excluding hydrogens is 354 g/mol. The fourth-order valence-corrected chi connectivity index (χ4v) is 3.40. The third-order valence-electron chi connectivity index (χ3n) is 4.92. The molecule has 3 rings (SSSR count). The maximum Gasteiger partial charge on any atom is 0.305 e. The van der Waals surface area contributed by atoms with Gasteiger partial charge in [0.15, 0.2) is 0 Å². The number of hydrogen-bond donors (Lipinski definition) is 0. The summed E-state index contributed by atoms with van der Waals surface area (Å²) in [5.74, 6) is 0.715. The lowest BCUT2D eigenvalue weighted by Crippen LogP contribution is -2.46. The number of aryl methyl sites for hydroxylation is 1. The molecule has 6 heteroatoms. The van der Waals surface area contributed by atoms with Gasteiger partial charge in [0.1, 0.15) is 5.75 Å². The molecule has 1 aliphatic heterocycles. The van der Waals surface area contributed by atoms with Crippen molar-refractivity contribution in [2.24, 2.45) is 0 Å². The summed E-state index contributed by atoms with van der Waals surface area (Å²) in [6.45, 7) is 8.80. The Balaban J connectivity index is 1.48. The van der Waals surface area contributed by atoms with Crippen molar-refractivity contribution in [3.05, 3.63) is 48.3 Å². The molecule has 0 unspecified atom stereocenters. The number of pyridine rings is 1. The molecule has 28 heavy (non-hydrogen) atoms. The number of carbonyl (C=O) groups is 1. The van der Waals surface area contributed by atoms with E-state index in [9.17, 15) is 4.79 Å². The van der Waals surface area contributed by atoms with Gasteiger partial charge in [0.2, 0.25) is 0 Å². The Morgan fingerprint density at radius 1 is 1.04 bits per heavy atom. The summed E-state index contributed by atoms with van der Waals surface area (Å²) in [5, 5.41) is 0. The largest absolute Gasteiger partial charge is 0.493 e. The molecule has 0 bridgehead atoms. The number of benzene rings is 1. The predicted octanol–water partition coefficient (Wildman–Crippen LogP) is 3.44. The van der Waals surface area contributed by atoms with Crippen LogP contribution < -0.4 is 14.5 Å². The Labute approximate surface area is 167 Å². The van der Waals surface area contributed by atoms with E-state index in [1.165, 1.54) is 11.4 Å². The summed E-state index contributed by atoms with van der Waals surface area (Å²) in [6, 6.07) is 10.5. The highest BCUT2D eigenvalue weighted by Crippen LogP contribution is 2.26. The Morgan fingerprint density at radius 3 is 2.36 bits per heavy atom. The van der Waals surface area contributed by atoms with E-state index in [1.807, 2.05) is 25.4 Å². The first-order valence-electron chi connectivity index (χ1n) is 9.96. The monoisotopic (exact) mass is 383 g/mol. The number of nitrogens with zero attached hydrogens (tertiary/aromatic N) is 3. The zero-order chi connectivity index (χ0) is 19.8. The molecule has 1 aliphatic rings. The van der Waals surface area contributed by atoms with E-state index in [0.29, 0.717) is 26.1 Å². The first-order valence-corrected chi connectivity index (χ1v) is 9.96. The molecule has 6 nitrogen and oxygen atoms in total. The number of aromatic nitrogens is 1. The molecule has 2 aromatic rings. The molecule has 0 saturated carbocycles. The highest BCUT2D eigenvalue weighted by atomic mass is 16.5. The molecule has 0 aliphatic carbocycles. The van der Waals surface area contributed by atoms with Gasteiger partial charge >= 0.3 is 5.97 Å². The topological polar surface area (TPSA) is 54.9 Å². The summed E-state index contributed by atoms with van der Waals surface area (Å²) in [7, 11) is 0. The summed E-state index contributed by atoms with van der Waals surface area (Å²) in [4.78, 5) is 20.3. The van der Waals surface area contributed by atoms with E-state index < -0.39 is 0 Å². The fourth-order valence-electron chi connectivity index (χ4n) is 3.40. The van der Waals surface area contributed by atoms with Crippen LogP contribution >= 0.6 is 0 Å². The normalized spacial score (nSPS) is 14.1. The number of hydrogen-bond acceptors (Lipinski definition) is 6. The summed E-state index contributed by atoms with van der Waals surface area (Å²) in [5.41, 5.74) is 3.58. The smallest absolute Gasteiger partial charge is 0.305 e. The third kappa shape index (κ3) is 5.38. The van der Waals surface area contributed by atoms with Gasteiger partial charge in [-0.2, -0.15) is 0 Å². The maximum absolute atomic E-state index is 11.4. The number of esters is 1. The second-order valence-electron chi connectivity index (χ2n) is 6.89. The Bertz CT molecular complexity index is 759. The van der Waals surface area contributed by atoms with Crippen LogP contribution in [-0.2, 0) is 9.53 Å². The van der Waals surface area contributed by atoms with Crippen LogP contribution in [0.25, 0.3) is 0 Å². The van der Waals surface area contributed by atoms with Crippen LogP contribution in [0.3, 0.4) is 0 Å². The number of carbonyl (C=O) groups excluding carboxylic acids is 1. The quantitative estimate of drug-likeness (QED) is 0.514. The number of anilines is 2. The summed E-state index contributed by atoms with van der Waals surface area (Å²) < 4.78 is 10.8. The van der Waals surface area contributed by atoms with Gasteiger partial charge in [0.05, 0.1) is 13.2 Å². The lowest BCUT2D eigenvalue weighted by molar-refractivity contribution is -0.143. The molecule has 2 heterocycles. The summed E-state index contributed by atoms with van der Waals surface area (Å²) >= 11 is 0. The average Bonchev–Trinajstić information content (AvgIpc) is 2.73. The third-order valence-corrected chi connectivity index (χ3v) is 4.92. The van der Waals surface area contributed by atoms with Crippen molar-refractivity contribution in [3.8, 4) is 5.75 Å². The van der Waals surface area contributed by atoms with Crippen LogP contribution in [0.5, 0.6) is 5.75 Å². The van der Waals surface area contributed by atoms with Crippen molar-refractivity contribution >= 4 is 17.3 Å². The second kappa shape index (κ2) is 9.97. The van der Waals surface area contributed by atoms with E-state index in [1.54, 1.807) is 0 Å². The molecule has 1 aromatic heterocycles. The first kappa shape index (κ1) is 20.0. The lowest BCUT2D eigenvalue weighted by atomic mass is 10.1. The van der Waals surface area contributed by atoms with Crippen LogP contribution in [0.1, 0.15) is 25.3 Å². The number of piperazine rings is 1. The van der Waals surface area contributed by atoms with Crippen molar-refractivity contribution < 1.29 is 14.3 Å². The van der Waals surface area contributed by atoms with Gasteiger partial charge < -0.3 is 19.3 Å². The lowest BCUT2D eigenvalue weighted by Gasteiger charge is -2.37. The highest BCUT2D eigenvalue weighted by Gasteiger charge is 2.18. The van der Waals surface area contributed by atoms with Crippen LogP contribution in [0.15, 0.2) is 42.7 Å². The van der Waals surface area contributed by atoms with Crippen molar-refractivity contribution in [3.63, 3.8) is 0 Å². The van der Waals surface area contributed by atoms with Gasteiger partial charge in [-0.05, 0) is 56.2 Å². The first-order chi connectivity index (χ1) is 13.7. The van der Waals surface area contributed by atoms with E-state index in [0.717, 1.165) is 37.5 Å². The van der Waals surface area contributed by atoms with Gasteiger partial charge in [-0.25, -0.2) is 0 Å². The molecule has 0 spiro atoms. The average molecular weight is 383 g/mol. The molecule has 0 amide bonds. The number of ether oxygens (including phenoxy) is 2. The minimum absolute atomic E-state index is 0.163. The standard InChI is InChI=1S/C22H29N3O3/c1-3-27-22(26)5-4-16-28-21-7-6-20(17-18(21)2)25-14-12-24(13-15-25)19-8-10-23-11-9-19/h6-11,17H,3-5,12-16H2,1-2H3. The van der Waals surface area contributed by atoms with Crippen molar-refractivity contribution in [1.29, 1.82) is 0 Å². The SMILES string of the molecule is CCOC(=O)CCCOc1ccc(N2CCN(c3ccncc3)CC2)cc1C. The fraction of sp³-hybridized carbons (Fsp3) is 0.455. The van der Waals surface area contributed by atoms with Gasteiger partial charge in [-0.3, -0.25) is 9.78 Å². The van der Waals surface area contributed by atoms with Crippen molar-refractivity contribution in [2.75, 3.05) is 49.2 Å². The molecule has 0 N–H and O–H groups in total. The molecular formula is C22H29N3O3. The van der Waals surface area contributed by atoms with E-state index >= 15 is 0 Å². The molecule has 1 saturated heterocycles. The zero-order valence-corrected chi connectivity index (χ0v) is 16.8. The van der Waals surface area contributed by atoms with Gasteiger partial charge in [-0.1, -0.05) is 0 Å². The van der Waals surface area contributed by atoms with Gasteiger partial charge in [0.25, 0.3) is 0 Å².